The van der Waals surface area contributed by atoms with Gasteiger partial charge in [0.25, 0.3) is 0 Å². The molecule has 0 heterocycles. The van der Waals surface area contributed by atoms with E-state index in [9.17, 15) is 4.79 Å². The number of rotatable bonds is 9. The van der Waals surface area contributed by atoms with Crippen LogP contribution in [-0.4, -0.2) is 50.2 Å². The third-order valence-corrected chi connectivity index (χ3v) is 3.01. The van der Waals surface area contributed by atoms with E-state index < -0.39 is 5.54 Å². The quantitative estimate of drug-likeness (QED) is 0.494. The fourth-order valence-electron chi connectivity index (χ4n) is 1.79. The molecular formula is C13H28N2O2. The van der Waals surface area contributed by atoms with Crippen molar-refractivity contribution in [2.45, 2.75) is 45.6 Å². The van der Waals surface area contributed by atoms with Gasteiger partial charge in [0.1, 0.15) is 5.54 Å². The molecule has 1 unspecified atom stereocenters. The molecule has 0 aromatic heterocycles. The second-order valence-electron chi connectivity index (χ2n) is 4.75. The highest BCUT2D eigenvalue weighted by molar-refractivity contribution is 5.80. The van der Waals surface area contributed by atoms with Crippen molar-refractivity contribution in [1.82, 2.24) is 10.2 Å². The number of carbonyl (C=O) groups excluding carboxylic acids is 1. The first-order chi connectivity index (χ1) is 8.00. The van der Waals surface area contributed by atoms with Crippen LogP contribution in [0.1, 0.15) is 40.0 Å². The molecule has 0 aromatic carbocycles. The fourth-order valence-corrected chi connectivity index (χ4v) is 1.79. The summed E-state index contributed by atoms with van der Waals surface area (Å²) >= 11 is 0. The van der Waals surface area contributed by atoms with Crippen molar-refractivity contribution in [3.8, 4) is 0 Å². The van der Waals surface area contributed by atoms with Gasteiger partial charge < -0.3 is 15.0 Å². The third-order valence-electron chi connectivity index (χ3n) is 3.01. The lowest BCUT2D eigenvalue weighted by molar-refractivity contribution is -0.151. The van der Waals surface area contributed by atoms with Crippen LogP contribution in [0.5, 0.6) is 0 Å². The minimum absolute atomic E-state index is 0.176. The van der Waals surface area contributed by atoms with E-state index in [0.717, 1.165) is 6.54 Å². The predicted octanol–water partition coefficient (Wildman–Crippen LogP) is 1.65. The van der Waals surface area contributed by atoms with Gasteiger partial charge in [-0.1, -0.05) is 19.8 Å². The highest BCUT2D eigenvalue weighted by Crippen LogP contribution is 2.09. The Morgan fingerprint density at radius 2 is 2.00 bits per heavy atom. The average Bonchev–Trinajstić information content (AvgIpc) is 2.29. The fraction of sp³-hybridized carbons (Fsp3) is 0.923. The SMILES string of the molecule is CCCCCN(C)CC(C)(NC)C(=O)OCC. The van der Waals surface area contributed by atoms with E-state index in [1.807, 2.05) is 20.9 Å². The molecule has 0 aliphatic heterocycles. The van der Waals surface area contributed by atoms with E-state index in [1.54, 1.807) is 7.05 Å². The van der Waals surface area contributed by atoms with Crippen LogP contribution < -0.4 is 5.32 Å². The van der Waals surface area contributed by atoms with Crippen LogP contribution in [0.25, 0.3) is 0 Å². The normalized spacial score (nSPS) is 14.7. The molecule has 0 aliphatic rings. The van der Waals surface area contributed by atoms with Gasteiger partial charge in [-0.05, 0) is 40.9 Å². The maximum atomic E-state index is 11.9. The largest absolute Gasteiger partial charge is 0.465 e. The molecule has 17 heavy (non-hydrogen) atoms. The first-order valence-corrected chi connectivity index (χ1v) is 6.54. The monoisotopic (exact) mass is 244 g/mol. The number of nitrogens with zero attached hydrogens (tertiary/aromatic N) is 1. The number of hydrogen-bond acceptors (Lipinski definition) is 4. The van der Waals surface area contributed by atoms with Crippen molar-refractivity contribution in [3.63, 3.8) is 0 Å². The summed E-state index contributed by atoms with van der Waals surface area (Å²) < 4.78 is 5.10. The molecular weight excluding hydrogens is 216 g/mol. The van der Waals surface area contributed by atoms with Crippen molar-refractivity contribution < 1.29 is 9.53 Å². The summed E-state index contributed by atoms with van der Waals surface area (Å²) in [7, 11) is 3.85. The van der Waals surface area contributed by atoms with Crippen LogP contribution in [0.3, 0.4) is 0 Å². The molecule has 0 amide bonds. The van der Waals surface area contributed by atoms with Gasteiger partial charge in [0.05, 0.1) is 6.61 Å². The first-order valence-electron chi connectivity index (χ1n) is 6.54. The number of esters is 1. The lowest BCUT2D eigenvalue weighted by Gasteiger charge is -2.31. The number of hydrogen-bond donors (Lipinski definition) is 1. The molecule has 0 saturated carbocycles. The lowest BCUT2D eigenvalue weighted by Crippen LogP contribution is -2.55. The molecule has 0 rings (SSSR count). The summed E-state index contributed by atoms with van der Waals surface area (Å²) in [5, 5.41) is 3.07. The van der Waals surface area contributed by atoms with Gasteiger partial charge in [0, 0.05) is 6.54 Å². The topological polar surface area (TPSA) is 41.6 Å². The molecule has 0 bridgehead atoms. The van der Waals surface area contributed by atoms with Crippen molar-refractivity contribution in [1.29, 1.82) is 0 Å². The Labute approximate surface area is 106 Å². The zero-order valence-corrected chi connectivity index (χ0v) is 12.0. The van der Waals surface area contributed by atoms with Gasteiger partial charge in [-0.3, -0.25) is 4.79 Å². The standard InChI is InChI=1S/C13H28N2O2/c1-6-8-9-10-15(5)11-13(3,14-4)12(16)17-7-2/h14H,6-11H2,1-5H3. The molecule has 0 spiro atoms. The highest BCUT2D eigenvalue weighted by Gasteiger charge is 2.33. The minimum Gasteiger partial charge on any atom is -0.465 e. The Morgan fingerprint density at radius 3 is 2.47 bits per heavy atom. The number of nitrogens with one attached hydrogen (secondary N) is 1. The Kier molecular flexibility index (Phi) is 8.17. The first kappa shape index (κ1) is 16.4. The van der Waals surface area contributed by atoms with Gasteiger partial charge >= 0.3 is 5.97 Å². The van der Waals surface area contributed by atoms with Crippen molar-refractivity contribution >= 4 is 5.97 Å². The smallest absolute Gasteiger partial charge is 0.327 e. The molecule has 0 fully saturated rings. The van der Waals surface area contributed by atoms with E-state index in [2.05, 4.69) is 17.1 Å². The lowest BCUT2D eigenvalue weighted by atomic mass is 10.0. The van der Waals surface area contributed by atoms with Gasteiger partial charge in [-0.25, -0.2) is 0 Å². The van der Waals surface area contributed by atoms with Crippen molar-refractivity contribution in [2.24, 2.45) is 0 Å². The second kappa shape index (κ2) is 8.48. The molecule has 0 aromatic rings. The van der Waals surface area contributed by atoms with E-state index in [-0.39, 0.29) is 5.97 Å². The zero-order chi connectivity index (χ0) is 13.3. The van der Waals surface area contributed by atoms with Crippen LogP contribution in [0, 0.1) is 0 Å². The maximum absolute atomic E-state index is 11.9. The summed E-state index contributed by atoms with van der Waals surface area (Å²) in [6.45, 7) is 8.03. The van der Waals surface area contributed by atoms with E-state index in [0.29, 0.717) is 13.2 Å². The Balaban J connectivity index is 4.21. The molecule has 0 aliphatic carbocycles. The van der Waals surface area contributed by atoms with Crippen molar-refractivity contribution in [2.75, 3.05) is 33.8 Å². The number of carbonyl (C=O) groups is 1. The van der Waals surface area contributed by atoms with E-state index in [1.165, 1.54) is 19.3 Å². The summed E-state index contributed by atoms with van der Waals surface area (Å²) in [5.41, 5.74) is -0.614. The maximum Gasteiger partial charge on any atom is 0.327 e. The Morgan fingerprint density at radius 1 is 1.35 bits per heavy atom. The number of ether oxygens (including phenoxy) is 1. The zero-order valence-electron chi connectivity index (χ0n) is 12.0. The van der Waals surface area contributed by atoms with E-state index in [4.69, 9.17) is 4.74 Å². The Hall–Kier alpha value is -0.610. The van der Waals surface area contributed by atoms with Crippen LogP contribution in [-0.2, 0) is 9.53 Å². The van der Waals surface area contributed by atoms with E-state index >= 15 is 0 Å². The third kappa shape index (κ3) is 6.03. The highest BCUT2D eigenvalue weighted by atomic mass is 16.5. The minimum atomic E-state index is -0.614. The van der Waals surface area contributed by atoms with Crippen LogP contribution in [0.4, 0.5) is 0 Å². The second-order valence-corrected chi connectivity index (χ2v) is 4.75. The average molecular weight is 244 g/mol. The summed E-state index contributed by atoms with van der Waals surface area (Å²) in [6.07, 6.45) is 3.63. The van der Waals surface area contributed by atoms with Crippen molar-refractivity contribution in [3.05, 3.63) is 0 Å². The summed E-state index contributed by atoms with van der Waals surface area (Å²) in [6, 6.07) is 0. The summed E-state index contributed by atoms with van der Waals surface area (Å²) in [5.74, 6) is -0.176. The number of unbranched alkanes of at least 4 members (excludes halogenated alkanes) is 2. The van der Waals surface area contributed by atoms with Crippen LogP contribution in [0.15, 0.2) is 0 Å². The molecule has 0 radical (unpaired) electrons. The molecule has 1 N–H and O–H groups in total. The molecule has 102 valence electrons. The Bertz CT molecular complexity index is 221. The van der Waals surface area contributed by atoms with Gasteiger partial charge in [-0.15, -0.1) is 0 Å². The predicted molar refractivity (Wildman–Crippen MR) is 71.1 cm³/mol. The number of likely N-dealkylation sites (N-methyl/N-ethyl adjacent to an activating group) is 2. The summed E-state index contributed by atoms with van der Waals surface area (Å²) in [4.78, 5) is 14.0. The van der Waals surface area contributed by atoms with Gasteiger partial charge in [-0.2, -0.15) is 0 Å². The van der Waals surface area contributed by atoms with Crippen LogP contribution >= 0.6 is 0 Å². The molecule has 1 atom stereocenters. The van der Waals surface area contributed by atoms with Gasteiger partial charge in [0.15, 0.2) is 0 Å². The van der Waals surface area contributed by atoms with Crippen LogP contribution in [0.2, 0.25) is 0 Å². The molecule has 4 heteroatoms. The van der Waals surface area contributed by atoms with Gasteiger partial charge in [0.2, 0.25) is 0 Å². The molecule has 4 nitrogen and oxygen atoms in total. The molecule has 0 saturated heterocycles.